The lowest BCUT2D eigenvalue weighted by atomic mass is 10.0. The van der Waals surface area contributed by atoms with Gasteiger partial charge in [0.2, 0.25) is 10.0 Å². The maximum atomic E-state index is 11.9. The van der Waals surface area contributed by atoms with Gasteiger partial charge in [-0.1, -0.05) is 0 Å². The first-order valence-corrected chi connectivity index (χ1v) is 10.1. The molecule has 136 valence electrons. The molecule has 0 aromatic carbocycles. The third kappa shape index (κ3) is 4.37. The van der Waals surface area contributed by atoms with E-state index < -0.39 is 15.6 Å². The molecule has 0 radical (unpaired) electrons. The SMILES string of the molecule is CN(Cc1ccco1)C[C@@H]1CC[C@@]2(COCCN(S(C)(=O)=O)C2)O1. The van der Waals surface area contributed by atoms with Gasteiger partial charge >= 0.3 is 0 Å². The molecule has 1 aromatic rings. The minimum absolute atomic E-state index is 0.0769. The first-order valence-electron chi connectivity index (χ1n) is 8.28. The quantitative estimate of drug-likeness (QED) is 0.779. The molecular formula is C16H26N2O5S. The summed E-state index contributed by atoms with van der Waals surface area (Å²) in [5.41, 5.74) is -0.518. The largest absolute Gasteiger partial charge is 0.468 e. The first kappa shape index (κ1) is 17.9. The molecule has 1 spiro atoms. The maximum absolute atomic E-state index is 11.9. The summed E-state index contributed by atoms with van der Waals surface area (Å²) in [7, 11) is -1.21. The average Bonchev–Trinajstić information content (AvgIpc) is 3.06. The normalized spacial score (nSPS) is 29.4. The molecule has 0 saturated carbocycles. The van der Waals surface area contributed by atoms with Gasteiger partial charge in [-0.05, 0) is 32.0 Å². The van der Waals surface area contributed by atoms with Crippen molar-refractivity contribution in [3.8, 4) is 0 Å². The highest BCUT2D eigenvalue weighted by Gasteiger charge is 2.44. The number of rotatable bonds is 5. The summed E-state index contributed by atoms with van der Waals surface area (Å²) in [6.45, 7) is 3.16. The van der Waals surface area contributed by atoms with Gasteiger partial charge in [-0.2, -0.15) is 4.31 Å². The Hall–Kier alpha value is -0.930. The minimum Gasteiger partial charge on any atom is -0.468 e. The highest BCUT2D eigenvalue weighted by Crippen LogP contribution is 2.34. The fourth-order valence-electron chi connectivity index (χ4n) is 3.48. The minimum atomic E-state index is -3.24. The van der Waals surface area contributed by atoms with E-state index in [2.05, 4.69) is 4.90 Å². The lowest BCUT2D eigenvalue weighted by Gasteiger charge is -2.31. The van der Waals surface area contributed by atoms with Crippen LogP contribution in [0.3, 0.4) is 0 Å². The van der Waals surface area contributed by atoms with Gasteiger partial charge in [-0.15, -0.1) is 0 Å². The second-order valence-electron chi connectivity index (χ2n) is 6.89. The Morgan fingerprint density at radius 2 is 2.29 bits per heavy atom. The molecule has 2 aliphatic heterocycles. The van der Waals surface area contributed by atoms with Crippen LogP contribution in [0.15, 0.2) is 22.8 Å². The summed E-state index contributed by atoms with van der Waals surface area (Å²) in [5.74, 6) is 0.922. The summed E-state index contributed by atoms with van der Waals surface area (Å²) < 4.78 is 42.6. The zero-order valence-electron chi connectivity index (χ0n) is 14.3. The number of hydrogen-bond acceptors (Lipinski definition) is 6. The van der Waals surface area contributed by atoms with Gasteiger partial charge < -0.3 is 13.9 Å². The van der Waals surface area contributed by atoms with E-state index in [9.17, 15) is 8.42 Å². The molecule has 1 aromatic heterocycles. The molecular weight excluding hydrogens is 332 g/mol. The van der Waals surface area contributed by atoms with Gasteiger partial charge in [0.15, 0.2) is 0 Å². The van der Waals surface area contributed by atoms with Crippen molar-refractivity contribution < 1.29 is 22.3 Å². The predicted molar refractivity (Wildman–Crippen MR) is 89.1 cm³/mol. The van der Waals surface area contributed by atoms with Crippen LogP contribution in [-0.4, -0.2) is 75.5 Å². The molecule has 0 amide bonds. The molecule has 7 nitrogen and oxygen atoms in total. The summed E-state index contributed by atoms with van der Waals surface area (Å²) in [5, 5.41) is 0. The van der Waals surface area contributed by atoms with Crippen molar-refractivity contribution in [1.29, 1.82) is 0 Å². The van der Waals surface area contributed by atoms with Crippen LogP contribution in [0.2, 0.25) is 0 Å². The molecule has 0 unspecified atom stereocenters. The van der Waals surface area contributed by atoms with E-state index in [1.807, 2.05) is 19.2 Å². The number of sulfonamides is 1. The monoisotopic (exact) mass is 358 g/mol. The number of furan rings is 1. The van der Waals surface area contributed by atoms with Crippen molar-refractivity contribution in [2.45, 2.75) is 31.1 Å². The Bertz CT molecular complexity index is 633. The zero-order valence-corrected chi connectivity index (χ0v) is 15.1. The van der Waals surface area contributed by atoms with Crippen LogP contribution in [0.25, 0.3) is 0 Å². The summed E-state index contributed by atoms with van der Waals surface area (Å²) in [6, 6.07) is 3.84. The van der Waals surface area contributed by atoms with Crippen LogP contribution in [0, 0.1) is 0 Å². The Kier molecular flexibility index (Phi) is 5.31. The van der Waals surface area contributed by atoms with Gasteiger partial charge in [-0.25, -0.2) is 8.42 Å². The third-order valence-corrected chi connectivity index (χ3v) is 5.89. The lowest BCUT2D eigenvalue weighted by molar-refractivity contribution is -0.0874. The van der Waals surface area contributed by atoms with Crippen molar-refractivity contribution >= 4 is 10.0 Å². The van der Waals surface area contributed by atoms with Crippen molar-refractivity contribution in [2.75, 3.05) is 46.2 Å². The van der Waals surface area contributed by atoms with Gasteiger partial charge in [-0.3, -0.25) is 4.90 Å². The molecule has 0 bridgehead atoms. The van der Waals surface area contributed by atoms with E-state index >= 15 is 0 Å². The molecule has 2 saturated heterocycles. The topological polar surface area (TPSA) is 72.2 Å². The predicted octanol–water partition coefficient (Wildman–Crippen LogP) is 0.921. The van der Waals surface area contributed by atoms with Gasteiger partial charge in [0, 0.05) is 19.6 Å². The van der Waals surface area contributed by atoms with Crippen LogP contribution in [0.5, 0.6) is 0 Å². The van der Waals surface area contributed by atoms with E-state index in [-0.39, 0.29) is 6.10 Å². The van der Waals surface area contributed by atoms with Crippen molar-refractivity contribution in [3.63, 3.8) is 0 Å². The Labute approximate surface area is 143 Å². The Balaban J connectivity index is 1.58. The van der Waals surface area contributed by atoms with Crippen LogP contribution in [-0.2, 0) is 26.0 Å². The van der Waals surface area contributed by atoms with Gasteiger partial charge in [0.25, 0.3) is 0 Å². The first-order chi connectivity index (χ1) is 11.4. The van der Waals surface area contributed by atoms with E-state index in [1.54, 1.807) is 6.26 Å². The molecule has 8 heteroatoms. The van der Waals surface area contributed by atoms with Crippen LogP contribution < -0.4 is 0 Å². The van der Waals surface area contributed by atoms with E-state index in [4.69, 9.17) is 13.9 Å². The van der Waals surface area contributed by atoms with Crippen molar-refractivity contribution in [2.24, 2.45) is 0 Å². The van der Waals surface area contributed by atoms with Gasteiger partial charge in [0.05, 0.1) is 38.4 Å². The molecule has 24 heavy (non-hydrogen) atoms. The molecule has 3 heterocycles. The van der Waals surface area contributed by atoms with Crippen molar-refractivity contribution in [1.82, 2.24) is 9.21 Å². The number of ether oxygens (including phenoxy) is 2. The fourth-order valence-corrected chi connectivity index (χ4v) is 4.36. The molecule has 3 rings (SSSR count). The number of nitrogens with zero attached hydrogens (tertiary/aromatic N) is 2. The number of hydrogen-bond donors (Lipinski definition) is 0. The second-order valence-corrected chi connectivity index (χ2v) is 8.87. The standard InChI is InChI=1S/C16H26N2O5S/c1-17(10-14-4-3-8-22-14)11-15-5-6-16(23-15)12-18(24(2,19)20)7-9-21-13-16/h3-4,8,15H,5-7,9-13H2,1-2H3/t15-,16+/m0/s1. The van der Waals surface area contributed by atoms with E-state index in [1.165, 1.54) is 10.6 Å². The third-order valence-electron chi connectivity index (χ3n) is 4.64. The molecule has 0 aliphatic carbocycles. The van der Waals surface area contributed by atoms with Crippen LogP contribution >= 0.6 is 0 Å². The maximum Gasteiger partial charge on any atom is 0.211 e. The lowest BCUT2D eigenvalue weighted by Crippen LogP contribution is -2.46. The molecule has 0 N–H and O–H groups in total. The van der Waals surface area contributed by atoms with Gasteiger partial charge in [0.1, 0.15) is 11.4 Å². The smallest absolute Gasteiger partial charge is 0.211 e. The van der Waals surface area contributed by atoms with Crippen LogP contribution in [0.1, 0.15) is 18.6 Å². The molecule has 2 atom stereocenters. The summed E-state index contributed by atoms with van der Waals surface area (Å²) in [4.78, 5) is 2.16. The summed E-state index contributed by atoms with van der Waals surface area (Å²) >= 11 is 0. The Morgan fingerprint density at radius 3 is 3.00 bits per heavy atom. The second kappa shape index (κ2) is 7.13. The Morgan fingerprint density at radius 1 is 1.46 bits per heavy atom. The van der Waals surface area contributed by atoms with E-state index in [0.29, 0.717) is 26.3 Å². The zero-order chi connectivity index (χ0) is 17.2. The van der Waals surface area contributed by atoms with Crippen LogP contribution in [0.4, 0.5) is 0 Å². The van der Waals surface area contributed by atoms with E-state index in [0.717, 1.165) is 31.7 Å². The number of likely N-dealkylation sites (N-methyl/N-ethyl adjacent to an activating group) is 1. The highest BCUT2D eigenvalue weighted by molar-refractivity contribution is 7.88. The molecule has 2 aliphatic rings. The van der Waals surface area contributed by atoms with Crippen molar-refractivity contribution in [3.05, 3.63) is 24.2 Å². The fraction of sp³-hybridized carbons (Fsp3) is 0.750. The average molecular weight is 358 g/mol. The summed E-state index contributed by atoms with van der Waals surface area (Å²) in [6.07, 6.45) is 4.72. The molecule has 2 fully saturated rings. The highest BCUT2D eigenvalue weighted by atomic mass is 32.2.